The van der Waals surface area contributed by atoms with Crippen LogP contribution in [0.1, 0.15) is 5.56 Å². The van der Waals surface area contributed by atoms with Crippen molar-refractivity contribution in [1.82, 2.24) is 0 Å². The van der Waals surface area contributed by atoms with E-state index in [9.17, 15) is 9.90 Å². The van der Waals surface area contributed by atoms with Crippen LogP contribution < -0.4 is 9.84 Å². The summed E-state index contributed by atoms with van der Waals surface area (Å²) in [5.74, 6) is -0.592. The van der Waals surface area contributed by atoms with E-state index >= 15 is 0 Å². The average Bonchev–Trinajstić information content (AvgIpc) is 2.25. The highest BCUT2D eigenvalue weighted by Crippen LogP contribution is 2.12. The summed E-state index contributed by atoms with van der Waals surface area (Å²) in [4.78, 5) is 10.1. The lowest BCUT2D eigenvalue weighted by atomic mass is 10.2. The minimum atomic E-state index is -1.23. The summed E-state index contributed by atoms with van der Waals surface area (Å²) in [6.07, 6.45) is 2.40. The number of aliphatic hydroxyl groups excluding tert-OH is 1. The molecule has 4 heteroatoms. The van der Waals surface area contributed by atoms with Crippen LogP contribution in [0.4, 0.5) is 0 Å². The molecule has 0 heterocycles. The van der Waals surface area contributed by atoms with E-state index in [4.69, 9.17) is 9.84 Å². The second-order valence-corrected chi connectivity index (χ2v) is 2.79. The zero-order valence-corrected chi connectivity index (χ0v) is 8.05. The Labute approximate surface area is 87.4 Å². The standard InChI is InChI=1S/C11H12O4/c12-7-8-15-10-4-1-9(2-5-10)3-6-11(13)14/h1-6,12H,7-8H2,(H,13,14)/p-1/b6-3+. The molecular weight excluding hydrogens is 196 g/mol. The first-order valence-electron chi connectivity index (χ1n) is 4.45. The number of carbonyl (C=O) groups is 1. The SMILES string of the molecule is O=C([O-])/C=C/c1ccc(OCCO)cc1. The molecule has 0 unspecified atom stereocenters. The molecule has 0 saturated carbocycles. The van der Waals surface area contributed by atoms with Crippen LogP contribution in [0.2, 0.25) is 0 Å². The third kappa shape index (κ3) is 4.28. The fourth-order valence-corrected chi connectivity index (χ4v) is 1.00. The van der Waals surface area contributed by atoms with Gasteiger partial charge >= 0.3 is 0 Å². The van der Waals surface area contributed by atoms with Crippen molar-refractivity contribution in [3.8, 4) is 5.75 Å². The summed E-state index contributed by atoms with van der Waals surface area (Å²) in [5, 5.41) is 18.6. The first kappa shape index (κ1) is 11.3. The molecule has 0 radical (unpaired) electrons. The highest BCUT2D eigenvalue weighted by Gasteiger charge is 1.92. The summed E-state index contributed by atoms with van der Waals surface area (Å²) in [6.45, 7) is 0.209. The van der Waals surface area contributed by atoms with Crippen LogP contribution in [0.25, 0.3) is 6.08 Å². The van der Waals surface area contributed by atoms with Gasteiger partial charge in [-0.1, -0.05) is 18.2 Å². The molecule has 0 aliphatic carbocycles. The molecule has 0 fully saturated rings. The van der Waals surface area contributed by atoms with Crippen molar-refractivity contribution >= 4 is 12.0 Å². The van der Waals surface area contributed by atoms with Crippen molar-refractivity contribution < 1.29 is 19.7 Å². The topological polar surface area (TPSA) is 69.6 Å². The van der Waals surface area contributed by atoms with Gasteiger partial charge in [-0.3, -0.25) is 0 Å². The molecule has 1 rings (SSSR count). The third-order valence-corrected chi connectivity index (χ3v) is 1.65. The lowest BCUT2D eigenvalue weighted by Crippen LogP contribution is -2.18. The van der Waals surface area contributed by atoms with Gasteiger partial charge in [0.2, 0.25) is 0 Å². The summed E-state index contributed by atoms with van der Waals surface area (Å²) in [7, 11) is 0. The van der Waals surface area contributed by atoms with E-state index < -0.39 is 5.97 Å². The van der Waals surface area contributed by atoms with Gasteiger partial charge in [-0.25, -0.2) is 0 Å². The molecule has 0 bridgehead atoms. The molecule has 0 atom stereocenters. The van der Waals surface area contributed by atoms with E-state index in [1.807, 2.05) is 0 Å². The van der Waals surface area contributed by atoms with Gasteiger partial charge in [0, 0.05) is 0 Å². The Balaban J connectivity index is 2.60. The fourth-order valence-electron chi connectivity index (χ4n) is 1.00. The molecule has 0 aliphatic heterocycles. The zero-order chi connectivity index (χ0) is 11.1. The highest BCUT2D eigenvalue weighted by atomic mass is 16.5. The van der Waals surface area contributed by atoms with Crippen LogP contribution in [0.5, 0.6) is 5.75 Å². The van der Waals surface area contributed by atoms with Crippen LogP contribution in [0.15, 0.2) is 30.3 Å². The minimum Gasteiger partial charge on any atom is -0.545 e. The minimum absolute atomic E-state index is 0.0354. The van der Waals surface area contributed by atoms with E-state index in [-0.39, 0.29) is 13.2 Å². The number of aliphatic hydroxyl groups is 1. The van der Waals surface area contributed by atoms with Gasteiger partial charge in [-0.2, -0.15) is 0 Å². The zero-order valence-electron chi connectivity index (χ0n) is 8.05. The van der Waals surface area contributed by atoms with Gasteiger partial charge in [0.15, 0.2) is 0 Å². The molecule has 1 aromatic carbocycles. The second kappa shape index (κ2) is 5.82. The molecule has 1 N–H and O–H groups in total. The Hall–Kier alpha value is -1.81. The predicted molar refractivity (Wildman–Crippen MR) is 53.1 cm³/mol. The average molecular weight is 207 g/mol. The number of hydrogen-bond donors (Lipinski definition) is 1. The largest absolute Gasteiger partial charge is 0.545 e. The number of aliphatic carboxylic acids is 1. The quantitative estimate of drug-likeness (QED) is 0.680. The van der Waals surface area contributed by atoms with Gasteiger partial charge in [-0.15, -0.1) is 0 Å². The van der Waals surface area contributed by atoms with Crippen molar-refractivity contribution in [2.75, 3.05) is 13.2 Å². The molecule has 0 spiro atoms. The van der Waals surface area contributed by atoms with Crippen molar-refractivity contribution in [3.05, 3.63) is 35.9 Å². The first-order chi connectivity index (χ1) is 7.22. The first-order valence-corrected chi connectivity index (χ1v) is 4.45. The molecule has 1 aromatic rings. The van der Waals surface area contributed by atoms with E-state index in [1.165, 1.54) is 6.08 Å². The van der Waals surface area contributed by atoms with Crippen molar-refractivity contribution in [3.63, 3.8) is 0 Å². The molecule has 80 valence electrons. The van der Waals surface area contributed by atoms with E-state index in [1.54, 1.807) is 24.3 Å². The monoisotopic (exact) mass is 207 g/mol. The van der Waals surface area contributed by atoms with Gasteiger partial charge in [0.05, 0.1) is 12.6 Å². The summed E-state index contributed by atoms with van der Waals surface area (Å²) >= 11 is 0. The normalized spacial score (nSPS) is 10.5. The number of hydrogen-bond acceptors (Lipinski definition) is 4. The van der Waals surface area contributed by atoms with Crippen molar-refractivity contribution in [2.45, 2.75) is 0 Å². The summed E-state index contributed by atoms with van der Waals surface area (Å²) in [5.41, 5.74) is 0.746. The maximum Gasteiger partial charge on any atom is 0.119 e. The number of carboxylic acid groups (broad SMARTS) is 1. The summed E-state index contributed by atoms with van der Waals surface area (Å²) in [6, 6.07) is 6.83. The van der Waals surface area contributed by atoms with Crippen LogP contribution >= 0.6 is 0 Å². The molecule has 4 nitrogen and oxygen atoms in total. The van der Waals surface area contributed by atoms with Gasteiger partial charge in [-0.05, 0) is 23.8 Å². The highest BCUT2D eigenvalue weighted by molar-refractivity contribution is 5.83. The summed E-state index contributed by atoms with van der Waals surface area (Å²) < 4.78 is 5.13. The van der Waals surface area contributed by atoms with Gasteiger partial charge in [0.25, 0.3) is 0 Å². The van der Waals surface area contributed by atoms with E-state index in [0.29, 0.717) is 5.75 Å². The van der Waals surface area contributed by atoms with E-state index in [2.05, 4.69) is 0 Å². The van der Waals surface area contributed by atoms with Crippen LogP contribution in [-0.4, -0.2) is 24.3 Å². The molecular formula is C11H11O4-. The van der Waals surface area contributed by atoms with Crippen molar-refractivity contribution in [2.24, 2.45) is 0 Å². The van der Waals surface area contributed by atoms with E-state index in [0.717, 1.165) is 11.6 Å². The maximum atomic E-state index is 10.1. The van der Waals surface area contributed by atoms with Crippen LogP contribution in [0, 0.1) is 0 Å². The number of ether oxygens (including phenoxy) is 1. The Morgan fingerprint density at radius 2 is 2.07 bits per heavy atom. The third-order valence-electron chi connectivity index (χ3n) is 1.65. The fraction of sp³-hybridized carbons (Fsp3) is 0.182. The number of rotatable bonds is 5. The Kier molecular flexibility index (Phi) is 4.37. The Morgan fingerprint density at radius 3 is 2.60 bits per heavy atom. The lowest BCUT2D eigenvalue weighted by molar-refractivity contribution is -0.297. The maximum absolute atomic E-state index is 10.1. The predicted octanol–water partition coefficient (Wildman–Crippen LogP) is -0.179. The molecule has 0 aromatic heterocycles. The lowest BCUT2D eigenvalue weighted by Gasteiger charge is -2.03. The number of carboxylic acids is 1. The number of benzene rings is 1. The molecule has 0 saturated heterocycles. The Bertz CT molecular complexity index is 340. The second-order valence-electron chi connectivity index (χ2n) is 2.79. The van der Waals surface area contributed by atoms with Crippen LogP contribution in [-0.2, 0) is 4.79 Å². The molecule has 15 heavy (non-hydrogen) atoms. The van der Waals surface area contributed by atoms with Gasteiger partial charge < -0.3 is 19.7 Å². The smallest absolute Gasteiger partial charge is 0.119 e. The van der Waals surface area contributed by atoms with Gasteiger partial charge in [0.1, 0.15) is 12.4 Å². The molecule has 0 aliphatic rings. The van der Waals surface area contributed by atoms with Crippen molar-refractivity contribution in [1.29, 1.82) is 0 Å². The molecule has 0 amide bonds. The number of carbonyl (C=O) groups excluding carboxylic acids is 1. The van der Waals surface area contributed by atoms with Crippen LogP contribution in [0.3, 0.4) is 0 Å². The Morgan fingerprint density at radius 1 is 1.40 bits per heavy atom.